The van der Waals surface area contributed by atoms with Gasteiger partial charge in [-0.3, -0.25) is 10.1 Å². The number of para-hydroxylation sites is 1. The molecule has 0 aromatic heterocycles. The minimum Gasteiger partial charge on any atom is -0.453 e. The van der Waals surface area contributed by atoms with Gasteiger partial charge in [0.25, 0.3) is 5.91 Å². The third-order valence-corrected chi connectivity index (χ3v) is 2.16. The molecule has 0 atom stereocenters. The van der Waals surface area contributed by atoms with E-state index in [-0.39, 0.29) is 5.91 Å². The van der Waals surface area contributed by atoms with Crippen LogP contribution >= 0.6 is 11.6 Å². The molecule has 0 spiro atoms. The fourth-order valence-corrected chi connectivity index (χ4v) is 1.30. The van der Waals surface area contributed by atoms with Crippen LogP contribution in [0.1, 0.15) is 10.4 Å². The topological polar surface area (TPSA) is 67.4 Å². The minimum atomic E-state index is -0.623. The Bertz CT molecular complexity index is 409. The van der Waals surface area contributed by atoms with Crippen LogP contribution in [0.3, 0.4) is 0 Å². The first-order valence-electron chi connectivity index (χ1n) is 4.97. The van der Waals surface area contributed by atoms with Crippen molar-refractivity contribution < 1.29 is 14.3 Å². The van der Waals surface area contributed by atoms with Crippen molar-refractivity contribution in [1.29, 1.82) is 0 Å². The van der Waals surface area contributed by atoms with E-state index < -0.39 is 6.09 Å². The van der Waals surface area contributed by atoms with Crippen LogP contribution in [0.2, 0.25) is 0 Å². The van der Waals surface area contributed by atoms with E-state index in [0.717, 1.165) is 0 Å². The predicted molar refractivity (Wildman–Crippen MR) is 65.5 cm³/mol. The smallest absolute Gasteiger partial charge is 0.411 e. The number of carbonyl (C=O) groups is 2. The van der Waals surface area contributed by atoms with Crippen LogP contribution in [0.5, 0.6) is 0 Å². The van der Waals surface area contributed by atoms with Gasteiger partial charge in [0.1, 0.15) is 0 Å². The fraction of sp³-hybridized carbons (Fsp3) is 0.273. The molecule has 92 valence electrons. The second-order valence-corrected chi connectivity index (χ2v) is 3.49. The number of benzene rings is 1. The summed E-state index contributed by atoms with van der Waals surface area (Å²) in [5, 5.41) is 5.08. The third-order valence-electron chi connectivity index (χ3n) is 1.97. The van der Waals surface area contributed by atoms with Crippen molar-refractivity contribution in [3.8, 4) is 0 Å². The quantitative estimate of drug-likeness (QED) is 0.808. The first-order valence-corrected chi connectivity index (χ1v) is 5.50. The normalized spacial score (nSPS) is 9.53. The summed E-state index contributed by atoms with van der Waals surface area (Å²) in [5.41, 5.74) is 0.759. The summed E-state index contributed by atoms with van der Waals surface area (Å²) in [7, 11) is 1.26. The van der Waals surface area contributed by atoms with Gasteiger partial charge in [-0.15, -0.1) is 11.6 Å². The highest BCUT2D eigenvalue weighted by molar-refractivity contribution is 6.18. The molecule has 1 aromatic rings. The first-order chi connectivity index (χ1) is 8.19. The van der Waals surface area contributed by atoms with Gasteiger partial charge in [0.05, 0.1) is 18.4 Å². The van der Waals surface area contributed by atoms with Crippen LogP contribution in [-0.2, 0) is 4.74 Å². The van der Waals surface area contributed by atoms with E-state index in [1.54, 1.807) is 24.3 Å². The van der Waals surface area contributed by atoms with E-state index in [1.807, 2.05) is 0 Å². The van der Waals surface area contributed by atoms with Crippen LogP contribution in [0.15, 0.2) is 24.3 Å². The lowest BCUT2D eigenvalue weighted by atomic mass is 10.1. The Balaban J connectivity index is 2.83. The summed E-state index contributed by atoms with van der Waals surface area (Å²) in [6.45, 7) is 0.368. The highest BCUT2D eigenvalue weighted by Crippen LogP contribution is 2.14. The number of amides is 2. The Labute approximate surface area is 104 Å². The summed E-state index contributed by atoms with van der Waals surface area (Å²) in [4.78, 5) is 22.8. The summed E-state index contributed by atoms with van der Waals surface area (Å²) in [6.07, 6.45) is -0.623. The second kappa shape index (κ2) is 6.75. The molecule has 0 fully saturated rings. The van der Waals surface area contributed by atoms with Crippen LogP contribution in [0.4, 0.5) is 10.5 Å². The van der Waals surface area contributed by atoms with Crippen molar-refractivity contribution in [3.05, 3.63) is 29.8 Å². The monoisotopic (exact) mass is 256 g/mol. The molecule has 6 heteroatoms. The van der Waals surface area contributed by atoms with Gasteiger partial charge < -0.3 is 10.1 Å². The van der Waals surface area contributed by atoms with Crippen molar-refractivity contribution in [2.24, 2.45) is 0 Å². The number of alkyl halides is 1. The van der Waals surface area contributed by atoms with Crippen molar-refractivity contribution in [2.45, 2.75) is 0 Å². The molecule has 1 rings (SSSR count). The van der Waals surface area contributed by atoms with Crippen molar-refractivity contribution in [2.75, 3.05) is 24.9 Å². The molecule has 2 N–H and O–H groups in total. The molecule has 0 aliphatic carbocycles. The number of ether oxygens (including phenoxy) is 1. The van der Waals surface area contributed by atoms with Gasteiger partial charge in [-0.05, 0) is 12.1 Å². The van der Waals surface area contributed by atoms with Crippen LogP contribution < -0.4 is 10.6 Å². The Morgan fingerprint density at radius 3 is 2.71 bits per heavy atom. The molecule has 0 saturated carbocycles. The molecule has 0 unspecified atom stereocenters. The summed E-state index contributed by atoms with van der Waals surface area (Å²) < 4.78 is 4.47. The number of hydrogen-bond donors (Lipinski definition) is 2. The molecule has 0 saturated heterocycles. The van der Waals surface area contributed by atoms with Crippen LogP contribution in [0, 0.1) is 0 Å². The Hall–Kier alpha value is -1.75. The Morgan fingerprint density at radius 2 is 2.06 bits per heavy atom. The van der Waals surface area contributed by atoms with Gasteiger partial charge in [-0.2, -0.15) is 0 Å². The highest BCUT2D eigenvalue weighted by Gasteiger charge is 2.12. The molecule has 0 aliphatic rings. The largest absolute Gasteiger partial charge is 0.453 e. The number of anilines is 1. The summed E-state index contributed by atoms with van der Waals surface area (Å²) in [6, 6.07) is 6.64. The fourth-order valence-electron chi connectivity index (χ4n) is 1.21. The van der Waals surface area contributed by atoms with E-state index >= 15 is 0 Å². The molecule has 5 nitrogen and oxygen atoms in total. The molecule has 0 heterocycles. The van der Waals surface area contributed by atoms with Crippen molar-refractivity contribution in [1.82, 2.24) is 5.32 Å². The minimum absolute atomic E-state index is 0.294. The standard InChI is InChI=1S/C11H13ClN2O3/c1-17-11(16)14-9-5-3-2-4-8(9)10(15)13-7-6-12/h2-5H,6-7H2,1H3,(H,13,15)(H,14,16). The van der Waals surface area contributed by atoms with E-state index in [1.165, 1.54) is 7.11 Å². The lowest BCUT2D eigenvalue weighted by molar-refractivity contribution is 0.0957. The summed E-state index contributed by atoms with van der Waals surface area (Å²) in [5.74, 6) is 0.0378. The number of rotatable bonds is 4. The van der Waals surface area contributed by atoms with E-state index in [9.17, 15) is 9.59 Å². The molecular formula is C11H13ClN2O3. The number of nitrogens with one attached hydrogen (secondary N) is 2. The van der Waals surface area contributed by atoms with E-state index in [0.29, 0.717) is 23.7 Å². The SMILES string of the molecule is COC(=O)Nc1ccccc1C(=O)NCCCl. The molecule has 2 amide bonds. The molecule has 0 aliphatic heterocycles. The zero-order chi connectivity index (χ0) is 12.7. The van der Waals surface area contributed by atoms with Crippen molar-refractivity contribution >= 4 is 29.3 Å². The Morgan fingerprint density at radius 1 is 1.35 bits per heavy atom. The van der Waals surface area contributed by atoms with Gasteiger partial charge in [-0.1, -0.05) is 12.1 Å². The Kier molecular flexibility index (Phi) is 5.29. The molecule has 17 heavy (non-hydrogen) atoms. The number of halogens is 1. The maximum Gasteiger partial charge on any atom is 0.411 e. The van der Waals surface area contributed by atoms with Crippen LogP contribution in [0.25, 0.3) is 0 Å². The van der Waals surface area contributed by atoms with Crippen LogP contribution in [-0.4, -0.2) is 31.5 Å². The molecule has 0 bridgehead atoms. The lowest BCUT2D eigenvalue weighted by Gasteiger charge is -2.09. The average Bonchev–Trinajstić information content (AvgIpc) is 2.36. The maximum absolute atomic E-state index is 11.7. The van der Waals surface area contributed by atoms with Gasteiger partial charge in [-0.25, -0.2) is 4.79 Å². The summed E-state index contributed by atoms with van der Waals surface area (Å²) >= 11 is 5.48. The first kappa shape index (κ1) is 13.3. The number of methoxy groups -OCH3 is 1. The zero-order valence-corrected chi connectivity index (χ0v) is 10.1. The lowest BCUT2D eigenvalue weighted by Crippen LogP contribution is -2.26. The number of carbonyl (C=O) groups excluding carboxylic acids is 2. The van der Waals surface area contributed by atoms with Gasteiger partial charge >= 0.3 is 6.09 Å². The number of hydrogen-bond acceptors (Lipinski definition) is 3. The second-order valence-electron chi connectivity index (χ2n) is 3.11. The van der Waals surface area contributed by atoms with Gasteiger partial charge in [0, 0.05) is 12.4 Å². The molecule has 0 radical (unpaired) electrons. The highest BCUT2D eigenvalue weighted by atomic mass is 35.5. The maximum atomic E-state index is 11.7. The average molecular weight is 257 g/mol. The molecular weight excluding hydrogens is 244 g/mol. The van der Waals surface area contributed by atoms with Gasteiger partial charge in [0.2, 0.25) is 0 Å². The predicted octanol–water partition coefficient (Wildman–Crippen LogP) is 1.83. The molecule has 1 aromatic carbocycles. The van der Waals surface area contributed by atoms with Crippen molar-refractivity contribution in [3.63, 3.8) is 0 Å². The third kappa shape index (κ3) is 3.96. The van der Waals surface area contributed by atoms with E-state index in [4.69, 9.17) is 11.6 Å². The van der Waals surface area contributed by atoms with E-state index in [2.05, 4.69) is 15.4 Å². The zero-order valence-electron chi connectivity index (χ0n) is 9.33. The van der Waals surface area contributed by atoms with Gasteiger partial charge in [0.15, 0.2) is 0 Å².